The minimum absolute atomic E-state index is 0.0579. The number of benzene rings is 3. The van der Waals surface area contributed by atoms with Crippen LogP contribution in [0.5, 0.6) is 5.75 Å². The van der Waals surface area contributed by atoms with Crippen LogP contribution in [0.1, 0.15) is 31.9 Å². The van der Waals surface area contributed by atoms with Gasteiger partial charge in [-0.05, 0) is 54.8 Å². The molecule has 35 heavy (non-hydrogen) atoms. The Bertz CT molecular complexity index is 1180. The molecule has 1 atom stereocenters. The van der Waals surface area contributed by atoms with Crippen molar-refractivity contribution in [3.63, 3.8) is 0 Å². The van der Waals surface area contributed by atoms with Crippen LogP contribution < -0.4 is 15.4 Å². The number of rotatable bonds is 9. The number of aliphatic carboxylic acids is 1. The smallest absolute Gasteiger partial charge is 0.408 e. The molecular formula is C27H30N2O6. The lowest BCUT2D eigenvalue weighted by atomic mass is 10.1. The van der Waals surface area contributed by atoms with Crippen molar-refractivity contribution in [2.75, 3.05) is 6.54 Å². The topological polar surface area (TPSA) is 114 Å². The standard InChI is InChI=1S/C27H30N2O6/c1-27(2,3)35-26(33)29-23(25(31)32)16-28-24(30)15-18-11-13-21(14-12-18)34-17-20-9-6-8-19-7-4-5-10-22(19)20/h4-14,23H,15-17H2,1-3H3,(H,28,30)(H,29,33)(H,31,32). The lowest BCUT2D eigenvalue weighted by molar-refractivity contribution is -0.139. The Labute approximate surface area is 204 Å². The number of carboxylic acids is 1. The number of ether oxygens (including phenoxy) is 2. The first-order chi connectivity index (χ1) is 16.6. The summed E-state index contributed by atoms with van der Waals surface area (Å²) in [5.74, 6) is -0.967. The molecule has 3 N–H and O–H groups in total. The van der Waals surface area contributed by atoms with Gasteiger partial charge in [-0.2, -0.15) is 0 Å². The summed E-state index contributed by atoms with van der Waals surface area (Å²) in [5.41, 5.74) is 1.06. The zero-order valence-corrected chi connectivity index (χ0v) is 20.0. The van der Waals surface area contributed by atoms with Crippen LogP contribution in [0.2, 0.25) is 0 Å². The van der Waals surface area contributed by atoms with Crippen LogP contribution in [0.15, 0.2) is 66.7 Å². The minimum atomic E-state index is -1.31. The average molecular weight is 479 g/mol. The molecule has 3 aromatic rings. The molecule has 0 saturated heterocycles. The first-order valence-electron chi connectivity index (χ1n) is 11.3. The molecular weight excluding hydrogens is 448 g/mol. The van der Waals surface area contributed by atoms with E-state index in [-0.39, 0.29) is 18.9 Å². The van der Waals surface area contributed by atoms with Gasteiger partial charge < -0.3 is 25.2 Å². The van der Waals surface area contributed by atoms with Crippen molar-refractivity contribution in [3.05, 3.63) is 77.9 Å². The number of fused-ring (bicyclic) bond motifs is 1. The van der Waals surface area contributed by atoms with Gasteiger partial charge in [-0.3, -0.25) is 4.79 Å². The average Bonchev–Trinajstić information content (AvgIpc) is 2.80. The second-order valence-electron chi connectivity index (χ2n) is 9.09. The molecule has 8 nitrogen and oxygen atoms in total. The molecule has 8 heteroatoms. The number of hydrogen-bond acceptors (Lipinski definition) is 5. The Balaban J connectivity index is 1.49. The van der Waals surface area contributed by atoms with E-state index in [1.807, 2.05) is 24.3 Å². The van der Waals surface area contributed by atoms with Gasteiger partial charge >= 0.3 is 12.1 Å². The lowest BCUT2D eigenvalue weighted by Gasteiger charge is -2.22. The summed E-state index contributed by atoms with van der Waals surface area (Å²) >= 11 is 0. The summed E-state index contributed by atoms with van der Waals surface area (Å²) in [6.07, 6.45) is -0.805. The maximum absolute atomic E-state index is 12.3. The molecule has 0 aromatic heterocycles. The SMILES string of the molecule is CC(C)(C)OC(=O)NC(CNC(=O)Cc1ccc(OCc2cccc3ccccc23)cc1)C(=O)O. The van der Waals surface area contributed by atoms with Gasteiger partial charge in [-0.1, -0.05) is 54.6 Å². The quantitative estimate of drug-likeness (QED) is 0.427. The molecule has 1 unspecified atom stereocenters. The van der Waals surface area contributed by atoms with Crippen molar-refractivity contribution in [2.45, 2.75) is 45.4 Å². The minimum Gasteiger partial charge on any atom is -0.489 e. The van der Waals surface area contributed by atoms with Crippen LogP contribution in [-0.2, 0) is 27.4 Å². The molecule has 2 amide bonds. The third-order valence-corrected chi connectivity index (χ3v) is 5.05. The van der Waals surface area contributed by atoms with Gasteiger partial charge in [0.2, 0.25) is 5.91 Å². The Morgan fingerprint density at radius 1 is 0.943 bits per heavy atom. The first-order valence-corrected chi connectivity index (χ1v) is 11.3. The molecule has 0 bridgehead atoms. The van der Waals surface area contributed by atoms with Crippen molar-refractivity contribution in [3.8, 4) is 5.75 Å². The fourth-order valence-electron chi connectivity index (χ4n) is 3.40. The third kappa shape index (κ3) is 8.03. The Morgan fingerprint density at radius 3 is 2.31 bits per heavy atom. The van der Waals surface area contributed by atoms with E-state index in [4.69, 9.17) is 9.47 Å². The molecule has 0 aliphatic rings. The van der Waals surface area contributed by atoms with E-state index in [9.17, 15) is 19.5 Å². The van der Waals surface area contributed by atoms with Crippen LogP contribution in [-0.4, -0.2) is 41.3 Å². The lowest BCUT2D eigenvalue weighted by Crippen LogP contribution is -2.49. The van der Waals surface area contributed by atoms with Gasteiger partial charge in [0.25, 0.3) is 0 Å². The molecule has 0 aliphatic heterocycles. The van der Waals surface area contributed by atoms with Crippen LogP contribution >= 0.6 is 0 Å². The van der Waals surface area contributed by atoms with E-state index >= 15 is 0 Å². The van der Waals surface area contributed by atoms with E-state index in [0.717, 1.165) is 21.9 Å². The maximum Gasteiger partial charge on any atom is 0.408 e. The second kappa shape index (κ2) is 11.4. The van der Waals surface area contributed by atoms with Crippen molar-refractivity contribution >= 4 is 28.7 Å². The molecule has 3 rings (SSSR count). The van der Waals surface area contributed by atoms with E-state index in [1.165, 1.54) is 0 Å². The first kappa shape index (κ1) is 25.6. The molecule has 3 aromatic carbocycles. The number of alkyl carbamates (subject to hydrolysis) is 1. The highest BCUT2D eigenvalue weighted by Crippen LogP contribution is 2.21. The molecule has 0 radical (unpaired) electrons. The molecule has 184 valence electrons. The number of hydrogen-bond donors (Lipinski definition) is 3. The number of nitrogens with one attached hydrogen (secondary N) is 2. The fraction of sp³-hybridized carbons (Fsp3) is 0.296. The number of carboxylic acid groups (broad SMARTS) is 1. The maximum atomic E-state index is 12.3. The Hall–Kier alpha value is -4.07. The monoisotopic (exact) mass is 478 g/mol. The van der Waals surface area contributed by atoms with E-state index in [0.29, 0.717) is 12.4 Å². The second-order valence-corrected chi connectivity index (χ2v) is 9.09. The van der Waals surface area contributed by atoms with Crippen LogP contribution in [0.4, 0.5) is 4.79 Å². The van der Waals surface area contributed by atoms with Crippen LogP contribution in [0.25, 0.3) is 10.8 Å². The van der Waals surface area contributed by atoms with Crippen molar-refractivity contribution in [1.29, 1.82) is 0 Å². The Morgan fingerprint density at radius 2 is 1.63 bits per heavy atom. The van der Waals surface area contributed by atoms with Crippen molar-refractivity contribution in [2.24, 2.45) is 0 Å². The van der Waals surface area contributed by atoms with Gasteiger partial charge in [-0.25, -0.2) is 9.59 Å². The predicted octanol–water partition coefficient (Wildman–Crippen LogP) is 4.06. The van der Waals surface area contributed by atoms with Crippen LogP contribution in [0.3, 0.4) is 0 Å². The van der Waals surface area contributed by atoms with Crippen LogP contribution in [0, 0.1) is 0 Å². The summed E-state index contributed by atoms with van der Waals surface area (Å²) in [4.78, 5) is 35.5. The summed E-state index contributed by atoms with van der Waals surface area (Å²) in [6, 6.07) is 20.1. The molecule has 0 saturated carbocycles. The zero-order valence-electron chi connectivity index (χ0n) is 20.0. The highest BCUT2D eigenvalue weighted by Gasteiger charge is 2.24. The van der Waals surface area contributed by atoms with Gasteiger partial charge in [0.1, 0.15) is 24.0 Å². The summed E-state index contributed by atoms with van der Waals surface area (Å²) < 4.78 is 11.0. The number of carbonyl (C=O) groups is 3. The highest BCUT2D eigenvalue weighted by molar-refractivity contribution is 5.85. The normalized spacial score (nSPS) is 12.0. The largest absolute Gasteiger partial charge is 0.489 e. The van der Waals surface area contributed by atoms with Gasteiger partial charge in [-0.15, -0.1) is 0 Å². The molecule has 0 heterocycles. The van der Waals surface area contributed by atoms with Crippen molar-refractivity contribution < 1.29 is 29.0 Å². The van der Waals surface area contributed by atoms with E-state index in [1.54, 1.807) is 45.0 Å². The van der Waals surface area contributed by atoms with Gasteiger partial charge in [0.15, 0.2) is 0 Å². The highest BCUT2D eigenvalue weighted by atomic mass is 16.6. The van der Waals surface area contributed by atoms with Gasteiger partial charge in [0.05, 0.1) is 6.42 Å². The predicted molar refractivity (Wildman–Crippen MR) is 132 cm³/mol. The van der Waals surface area contributed by atoms with E-state index in [2.05, 4.69) is 28.8 Å². The molecule has 0 fully saturated rings. The van der Waals surface area contributed by atoms with E-state index < -0.39 is 23.7 Å². The number of amides is 2. The third-order valence-electron chi connectivity index (χ3n) is 5.05. The summed E-state index contributed by atoms with van der Waals surface area (Å²) in [5, 5.41) is 16.4. The summed E-state index contributed by atoms with van der Waals surface area (Å²) in [6.45, 7) is 5.17. The molecule has 0 spiro atoms. The molecule has 0 aliphatic carbocycles. The fourth-order valence-corrected chi connectivity index (χ4v) is 3.40. The van der Waals surface area contributed by atoms with Crippen molar-refractivity contribution in [1.82, 2.24) is 10.6 Å². The number of carbonyl (C=O) groups excluding carboxylic acids is 2. The van der Waals surface area contributed by atoms with Gasteiger partial charge in [0, 0.05) is 6.54 Å². The summed E-state index contributed by atoms with van der Waals surface area (Å²) in [7, 11) is 0. The Kier molecular flexibility index (Phi) is 8.30. The zero-order chi connectivity index (χ0) is 25.4.